The van der Waals surface area contributed by atoms with Gasteiger partial charge in [0.05, 0.1) is 25.5 Å². The van der Waals surface area contributed by atoms with E-state index in [-0.39, 0.29) is 0 Å². The van der Waals surface area contributed by atoms with Crippen LogP contribution in [-0.2, 0) is 11.2 Å². The van der Waals surface area contributed by atoms with E-state index in [1.165, 1.54) is 7.11 Å². The van der Waals surface area contributed by atoms with Crippen LogP contribution in [0.4, 0.5) is 17.5 Å². The number of hydrogen-bond acceptors (Lipinski definition) is 7. The van der Waals surface area contributed by atoms with Gasteiger partial charge in [-0.3, -0.25) is 0 Å². The van der Waals surface area contributed by atoms with Crippen molar-refractivity contribution in [2.75, 3.05) is 31.4 Å². The van der Waals surface area contributed by atoms with Crippen LogP contribution in [0.2, 0.25) is 0 Å². The fraction of sp³-hybridized carbons (Fsp3) is 0.227. The maximum atomic E-state index is 12.0. The first-order valence-electron chi connectivity index (χ1n) is 9.26. The molecule has 2 aromatic carbocycles. The number of benzene rings is 2. The zero-order valence-electron chi connectivity index (χ0n) is 16.7. The lowest BCUT2D eigenvalue weighted by molar-refractivity contribution is 0.0602. The van der Waals surface area contributed by atoms with Crippen LogP contribution in [0.15, 0.2) is 54.6 Å². The highest BCUT2D eigenvalue weighted by Crippen LogP contribution is 2.22. The largest absolute Gasteiger partial charge is 0.496 e. The number of ether oxygens (including phenoxy) is 2. The lowest BCUT2D eigenvalue weighted by Crippen LogP contribution is -2.11. The van der Waals surface area contributed by atoms with Gasteiger partial charge in [-0.25, -0.2) is 9.78 Å². The molecule has 0 saturated carbocycles. The molecule has 7 heteroatoms. The number of anilines is 3. The van der Waals surface area contributed by atoms with E-state index in [0.29, 0.717) is 29.6 Å². The molecule has 0 aliphatic carbocycles. The van der Waals surface area contributed by atoms with E-state index in [1.807, 2.05) is 43.3 Å². The highest BCUT2D eigenvalue weighted by Gasteiger charge is 2.12. The van der Waals surface area contributed by atoms with Gasteiger partial charge in [-0.1, -0.05) is 30.3 Å². The van der Waals surface area contributed by atoms with Crippen LogP contribution >= 0.6 is 0 Å². The second kappa shape index (κ2) is 9.54. The Morgan fingerprint density at radius 1 is 1.03 bits per heavy atom. The zero-order valence-corrected chi connectivity index (χ0v) is 16.7. The minimum absolute atomic E-state index is 0.408. The van der Waals surface area contributed by atoms with Gasteiger partial charge >= 0.3 is 5.97 Å². The third kappa shape index (κ3) is 5.22. The molecule has 0 spiro atoms. The molecule has 0 atom stereocenters. The molecule has 0 aliphatic rings. The quantitative estimate of drug-likeness (QED) is 0.561. The Morgan fingerprint density at radius 3 is 2.59 bits per heavy atom. The number of rotatable bonds is 8. The van der Waals surface area contributed by atoms with Gasteiger partial charge in [-0.15, -0.1) is 0 Å². The molecule has 7 nitrogen and oxygen atoms in total. The van der Waals surface area contributed by atoms with Crippen LogP contribution in [0.3, 0.4) is 0 Å². The molecule has 29 heavy (non-hydrogen) atoms. The summed E-state index contributed by atoms with van der Waals surface area (Å²) in [4.78, 5) is 20.9. The zero-order chi connectivity index (χ0) is 20.6. The van der Waals surface area contributed by atoms with Crippen LogP contribution in [0.1, 0.15) is 21.6 Å². The van der Waals surface area contributed by atoms with Crippen molar-refractivity contribution in [2.45, 2.75) is 13.3 Å². The number of nitrogens with one attached hydrogen (secondary N) is 2. The van der Waals surface area contributed by atoms with Gasteiger partial charge in [0.1, 0.15) is 11.6 Å². The summed E-state index contributed by atoms with van der Waals surface area (Å²) >= 11 is 0. The van der Waals surface area contributed by atoms with Crippen molar-refractivity contribution in [2.24, 2.45) is 0 Å². The molecule has 0 unspecified atom stereocenters. The van der Waals surface area contributed by atoms with E-state index in [1.54, 1.807) is 25.3 Å². The summed E-state index contributed by atoms with van der Waals surface area (Å²) < 4.78 is 10.2. The maximum Gasteiger partial charge on any atom is 0.339 e. The Hall–Kier alpha value is -3.61. The van der Waals surface area contributed by atoms with Crippen molar-refractivity contribution in [1.82, 2.24) is 9.97 Å². The van der Waals surface area contributed by atoms with Crippen molar-refractivity contribution in [3.05, 3.63) is 71.4 Å². The summed E-state index contributed by atoms with van der Waals surface area (Å²) in [7, 11) is 3.03. The van der Waals surface area contributed by atoms with Crippen LogP contribution in [0, 0.1) is 6.92 Å². The number of nitrogens with zero attached hydrogens (tertiary/aromatic N) is 2. The Balaban J connectivity index is 1.71. The average molecular weight is 392 g/mol. The molecular formula is C22H24N4O3. The minimum Gasteiger partial charge on any atom is -0.496 e. The lowest BCUT2D eigenvalue weighted by atomic mass is 10.1. The molecule has 1 aromatic heterocycles. The predicted molar refractivity (Wildman–Crippen MR) is 113 cm³/mol. The molecule has 3 aromatic rings. The molecule has 2 N–H and O–H groups in total. The summed E-state index contributed by atoms with van der Waals surface area (Å²) in [6.07, 6.45) is 0.773. The van der Waals surface area contributed by atoms with Gasteiger partial charge in [0.2, 0.25) is 5.95 Å². The fourth-order valence-corrected chi connectivity index (χ4v) is 2.95. The van der Waals surface area contributed by atoms with Crippen LogP contribution in [0.25, 0.3) is 0 Å². The minimum atomic E-state index is -0.408. The summed E-state index contributed by atoms with van der Waals surface area (Å²) in [6.45, 7) is 2.55. The summed E-state index contributed by atoms with van der Waals surface area (Å²) in [5.41, 5.74) is 2.98. The monoisotopic (exact) mass is 392 g/mol. The van der Waals surface area contributed by atoms with Crippen LogP contribution in [-0.4, -0.2) is 36.7 Å². The average Bonchev–Trinajstić information content (AvgIpc) is 2.73. The second-order valence-corrected chi connectivity index (χ2v) is 6.37. The van der Waals surface area contributed by atoms with E-state index >= 15 is 0 Å². The van der Waals surface area contributed by atoms with Gasteiger partial charge in [0.25, 0.3) is 0 Å². The molecule has 0 aliphatic heterocycles. The standard InChI is InChI=1S/C22H24N4O3/c1-15-14-20(25-18-10-6-5-9-17(18)21(27)29-3)26-22(24-15)23-13-12-16-8-4-7-11-19(16)28-2/h4-11,14H,12-13H2,1-3H3,(H2,23,24,25,26). The highest BCUT2D eigenvalue weighted by molar-refractivity contribution is 5.96. The summed E-state index contributed by atoms with van der Waals surface area (Å²) in [5.74, 6) is 1.56. The van der Waals surface area contributed by atoms with Crippen LogP contribution in [0.5, 0.6) is 5.75 Å². The van der Waals surface area contributed by atoms with E-state index < -0.39 is 5.97 Å². The van der Waals surface area contributed by atoms with Gasteiger partial charge in [-0.2, -0.15) is 4.98 Å². The van der Waals surface area contributed by atoms with E-state index in [0.717, 1.165) is 23.4 Å². The second-order valence-electron chi connectivity index (χ2n) is 6.37. The smallest absolute Gasteiger partial charge is 0.339 e. The SMILES string of the molecule is COC(=O)c1ccccc1Nc1cc(C)nc(NCCc2ccccc2OC)n1. The number of carbonyl (C=O) groups excluding carboxylic acids is 1. The molecule has 1 heterocycles. The molecule has 0 radical (unpaired) electrons. The Bertz CT molecular complexity index is 991. The Labute approximate surface area is 170 Å². The normalized spacial score (nSPS) is 10.3. The van der Waals surface area contributed by atoms with E-state index in [9.17, 15) is 4.79 Å². The third-order valence-electron chi connectivity index (χ3n) is 4.32. The Morgan fingerprint density at radius 2 is 1.79 bits per heavy atom. The topological polar surface area (TPSA) is 85.4 Å². The van der Waals surface area contributed by atoms with Gasteiger partial charge in [0.15, 0.2) is 0 Å². The van der Waals surface area contributed by atoms with Crippen LogP contribution < -0.4 is 15.4 Å². The first kappa shape index (κ1) is 20.1. The van der Waals surface area contributed by atoms with Crippen molar-refractivity contribution >= 4 is 23.4 Å². The molecule has 3 rings (SSSR count). The maximum absolute atomic E-state index is 12.0. The van der Waals surface area contributed by atoms with E-state index in [4.69, 9.17) is 9.47 Å². The fourth-order valence-electron chi connectivity index (χ4n) is 2.95. The predicted octanol–water partition coefficient (Wildman–Crippen LogP) is 3.98. The first-order valence-corrected chi connectivity index (χ1v) is 9.26. The molecule has 0 saturated heterocycles. The van der Waals surface area contributed by atoms with Crippen molar-refractivity contribution in [1.29, 1.82) is 0 Å². The molecule has 0 fully saturated rings. The number of hydrogen-bond donors (Lipinski definition) is 2. The third-order valence-corrected chi connectivity index (χ3v) is 4.32. The number of carbonyl (C=O) groups is 1. The number of aryl methyl sites for hydroxylation is 1. The van der Waals surface area contributed by atoms with Gasteiger partial charge in [0, 0.05) is 18.3 Å². The number of para-hydroxylation sites is 2. The van der Waals surface area contributed by atoms with Crippen molar-refractivity contribution in [3.8, 4) is 5.75 Å². The Kier molecular flexibility index (Phi) is 6.63. The molecule has 0 amide bonds. The van der Waals surface area contributed by atoms with Gasteiger partial charge < -0.3 is 20.1 Å². The van der Waals surface area contributed by atoms with Crippen molar-refractivity contribution in [3.63, 3.8) is 0 Å². The molecule has 0 bridgehead atoms. The van der Waals surface area contributed by atoms with Crippen molar-refractivity contribution < 1.29 is 14.3 Å². The first-order chi connectivity index (χ1) is 14.1. The number of methoxy groups -OCH3 is 2. The lowest BCUT2D eigenvalue weighted by Gasteiger charge is -2.13. The molecular weight excluding hydrogens is 368 g/mol. The highest BCUT2D eigenvalue weighted by atomic mass is 16.5. The number of aromatic nitrogens is 2. The summed E-state index contributed by atoms with van der Waals surface area (Å²) in [5, 5.41) is 6.43. The van der Waals surface area contributed by atoms with Gasteiger partial charge in [-0.05, 0) is 37.1 Å². The molecule has 150 valence electrons. The number of esters is 1. The van der Waals surface area contributed by atoms with E-state index in [2.05, 4.69) is 20.6 Å². The summed E-state index contributed by atoms with van der Waals surface area (Å²) in [6, 6.07) is 16.9.